The first kappa shape index (κ1) is 43.2. The fourth-order valence-corrected chi connectivity index (χ4v) is 4.77. The molecular formula is C37H30BIrN3SiY2-4. The van der Waals surface area contributed by atoms with Gasteiger partial charge in [-0.1, -0.05) is 31.4 Å². The molecule has 8 heteroatoms. The van der Waals surface area contributed by atoms with Gasteiger partial charge in [-0.15, -0.1) is 48.0 Å². The Hall–Kier alpha value is -1.75. The van der Waals surface area contributed by atoms with Crippen LogP contribution in [0.3, 0.4) is 0 Å². The van der Waals surface area contributed by atoms with Crippen molar-refractivity contribution in [1.29, 1.82) is 0 Å². The van der Waals surface area contributed by atoms with Crippen molar-refractivity contribution >= 4 is 21.7 Å². The van der Waals surface area contributed by atoms with Crippen molar-refractivity contribution in [3.8, 4) is 44.9 Å². The van der Waals surface area contributed by atoms with Gasteiger partial charge in [0.25, 0.3) is 0 Å². The van der Waals surface area contributed by atoms with Gasteiger partial charge >= 0.3 is 32.7 Å². The van der Waals surface area contributed by atoms with Crippen LogP contribution in [-0.2, 0) is 85.5 Å². The SMILES string of the molecule is C[Si](C)(C)c1cnc(-c2[c-]cccc2)nc1.[B].[CH3-].[Ir].[Y+3].[Y].[c-]1ccc(-c2[c-]cc(-c3[c-]cccc3)[c-]c2)[c-]c1-c1ccccn1. The summed E-state index contributed by atoms with van der Waals surface area (Å²) in [5.41, 5.74) is 6.55. The molecule has 6 aromatic rings. The van der Waals surface area contributed by atoms with Gasteiger partial charge in [0, 0.05) is 79.8 Å². The summed E-state index contributed by atoms with van der Waals surface area (Å²) in [6, 6.07) is 48.7. The van der Waals surface area contributed by atoms with Gasteiger partial charge in [-0.3, -0.25) is 33.2 Å². The second-order valence-corrected chi connectivity index (χ2v) is 15.2. The first-order chi connectivity index (χ1) is 19.5. The zero-order valence-corrected chi connectivity index (χ0v) is 34.9. The Morgan fingerprint density at radius 2 is 1.18 bits per heavy atom. The Morgan fingerprint density at radius 3 is 1.69 bits per heavy atom. The average molecular weight is 926 g/mol. The topological polar surface area (TPSA) is 38.7 Å². The second kappa shape index (κ2) is 21.2. The molecule has 0 aliphatic carbocycles. The Bertz CT molecular complexity index is 1650. The van der Waals surface area contributed by atoms with Crippen LogP contribution in [0.15, 0.2) is 110 Å². The Labute approximate surface area is 336 Å². The minimum atomic E-state index is -1.29. The van der Waals surface area contributed by atoms with Crippen molar-refractivity contribution in [3.05, 3.63) is 153 Å². The molecule has 0 N–H and O–H groups in total. The maximum atomic E-state index is 4.41. The molecule has 6 rings (SSSR count). The van der Waals surface area contributed by atoms with Gasteiger partial charge in [0.05, 0.1) is 13.9 Å². The first-order valence-corrected chi connectivity index (χ1v) is 16.5. The van der Waals surface area contributed by atoms with Gasteiger partial charge in [-0.05, 0) is 11.3 Å². The molecule has 2 aromatic heterocycles. The quantitative estimate of drug-likeness (QED) is 0.132. The van der Waals surface area contributed by atoms with Gasteiger partial charge in [-0.2, -0.15) is 24.3 Å². The third kappa shape index (κ3) is 12.4. The van der Waals surface area contributed by atoms with Crippen LogP contribution in [-0.4, -0.2) is 31.4 Å². The molecule has 4 aromatic carbocycles. The van der Waals surface area contributed by atoms with Crippen LogP contribution in [0.5, 0.6) is 0 Å². The monoisotopic (exact) mass is 926 g/mol. The van der Waals surface area contributed by atoms with Gasteiger partial charge in [-0.25, -0.2) is 41.5 Å². The van der Waals surface area contributed by atoms with E-state index in [1.165, 1.54) is 5.19 Å². The normalized spacial score (nSPS) is 9.67. The maximum absolute atomic E-state index is 4.41. The number of pyridine rings is 1. The predicted molar refractivity (Wildman–Crippen MR) is 176 cm³/mol. The summed E-state index contributed by atoms with van der Waals surface area (Å²) in [6.45, 7) is 6.88. The average Bonchev–Trinajstić information content (AvgIpc) is 3.02. The molecule has 2 heterocycles. The van der Waals surface area contributed by atoms with Crippen molar-refractivity contribution in [2.75, 3.05) is 0 Å². The fourth-order valence-electron chi connectivity index (χ4n) is 3.87. The van der Waals surface area contributed by atoms with Crippen molar-refractivity contribution in [2.45, 2.75) is 19.6 Å². The van der Waals surface area contributed by atoms with E-state index < -0.39 is 8.07 Å². The Morgan fingerprint density at radius 1 is 0.600 bits per heavy atom. The number of hydrogen-bond acceptors (Lipinski definition) is 3. The number of benzene rings is 4. The summed E-state index contributed by atoms with van der Waals surface area (Å²) < 4.78 is 0. The first-order valence-electron chi connectivity index (χ1n) is 13.0. The largest absolute Gasteiger partial charge is 3.00 e. The van der Waals surface area contributed by atoms with E-state index in [0.29, 0.717) is 0 Å². The smallest absolute Gasteiger partial charge is 0.358 e. The molecule has 0 unspecified atom stereocenters. The molecule has 0 aliphatic rings. The van der Waals surface area contributed by atoms with E-state index in [1.54, 1.807) is 6.20 Å². The number of rotatable bonds is 5. The molecule has 0 saturated heterocycles. The maximum Gasteiger partial charge on any atom is 3.00 e. The van der Waals surface area contributed by atoms with E-state index in [9.17, 15) is 0 Å². The molecule has 0 amide bonds. The van der Waals surface area contributed by atoms with Crippen LogP contribution >= 0.6 is 0 Å². The summed E-state index contributed by atoms with van der Waals surface area (Å²) in [4.78, 5) is 13.2. The number of hydrogen-bond donors (Lipinski definition) is 0. The third-order valence-electron chi connectivity index (χ3n) is 6.16. The van der Waals surface area contributed by atoms with Crippen LogP contribution in [0.25, 0.3) is 44.9 Å². The molecular weight excluding hydrogens is 895 g/mol. The molecule has 3 nitrogen and oxygen atoms in total. The van der Waals surface area contributed by atoms with Crippen molar-refractivity contribution in [1.82, 2.24) is 15.0 Å². The van der Waals surface area contributed by atoms with Crippen molar-refractivity contribution in [3.63, 3.8) is 0 Å². The molecule has 0 fully saturated rings. The summed E-state index contributed by atoms with van der Waals surface area (Å²) in [6.07, 6.45) is 5.68. The van der Waals surface area contributed by atoms with E-state index in [-0.39, 0.29) is 101 Å². The number of aromatic nitrogens is 3. The molecule has 0 bridgehead atoms. The minimum Gasteiger partial charge on any atom is -0.358 e. The van der Waals surface area contributed by atoms with E-state index in [0.717, 1.165) is 44.9 Å². The van der Waals surface area contributed by atoms with Gasteiger partial charge in [0.1, 0.15) is 0 Å². The van der Waals surface area contributed by atoms with Gasteiger partial charge in [0.2, 0.25) is 0 Å². The molecule has 45 heavy (non-hydrogen) atoms. The number of nitrogens with zero attached hydrogens (tertiary/aromatic N) is 3. The van der Waals surface area contributed by atoms with Crippen LogP contribution in [0, 0.1) is 43.8 Å². The molecule has 0 atom stereocenters. The Kier molecular flexibility index (Phi) is 20.4. The second-order valence-electron chi connectivity index (χ2n) is 10.1. The summed E-state index contributed by atoms with van der Waals surface area (Å²) in [5, 5.41) is 1.28. The standard InChI is InChI=1S/C23H12N.C13H15N2Si.CH3.B.Ir.2Y/c1-2-7-18(8-3-1)19-12-14-20(15-13-19)21-9-6-10-22(17-21)23-11-4-5-16-24-23;1-16(2,3)12-9-14-13(15-10-12)11-7-5-4-6-8-11;;;;;/h1-7,9,11-12,15-16H;4-7,9-10H,1-3H3;1H3;;;;/q-5;2*-1;;;;+3. The zero-order chi connectivity index (χ0) is 27.8. The van der Waals surface area contributed by atoms with Gasteiger partial charge in [0.15, 0.2) is 0 Å². The van der Waals surface area contributed by atoms with Crippen molar-refractivity contribution < 1.29 is 85.5 Å². The minimum absolute atomic E-state index is 0. The van der Waals surface area contributed by atoms with E-state index in [2.05, 4.69) is 71.0 Å². The predicted octanol–water partition coefficient (Wildman–Crippen LogP) is 7.63. The Balaban J connectivity index is 0.000000824. The van der Waals surface area contributed by atoms with E-state index in [4.69, 9.17) is 0 Å². The molecule has 219 valence electrons. The summed E-state index contributed by atoms with van der Waals surface area (Å²) in [5.74, 6) is 0.752. The molecule has 0 saturated carbocycles. The van der Waals surface area contributed by atoms with Crippen LogP contribution in [0.1, 0.15) is 0 Å². The van der Waals surface area contributed by atoms with Crippen LogP contribution < -0.4 is 5.19 Å². The van der Waals surface area contributed by atoms with Crippen LogP contribution in [0.2, 0.25) is 19.6 Å². The van der Waals surface area contributed by atoms with E-state index in [1.807, 2.05) is 103 Å². The zero-order valence-electron chi connectivity index (χ0n) is 25.8. The molecule has 0 aliphatic heterocycles. The summed E-state index contributed by atoms with van der Waals surface area (Å²) >= 11 is 0. The molecule has 5 radical (unpaired) electrons. The van der Waals surface area contributed by atoms with Gasteiger partial charge < -0.3 is 24.0 Å². The summed E-state index contributed by atoms with van der Waals surface area (Å²) in [7, 11) is -1.29. The van der Waals surface area contributed by atoms with Crippen molar-refractivity contribution in [2.24, 2.45) is 0 Å². The fraction of sp³-hybridized carbons (Fsp3) is 0.0811. The van der Waals surface area contributed by atoms with Crippen LogP contribution in [0.4, 0.5) is 0 Å². The third-order valence-corrected chi connectivity index (χ3v) is 8.15. The molecule has 0 spiro atoms. The van der Waals surface area contributed by atoms with E-state index >= 15 is 0 Å².